The van der Waals surface area contributed by atoms with Gasteiger partial charge in [-0.3, -0.25) is 14.9 Å². The van der Waals surface area contributed by atoms with E-state index < -0.39 is 20.7 Å². The van der Waals surface area contributed by atoms with Crippen molar-refractivity contribution in [2.75, 3.05) is 18.3 Å². The number of thioether (sulfide) groups is 1. The van der Waals surface area contributed by atoms with Gasteiger partial charge in [-0.05, 0) is 30.5 Å². The first-order valence-electron chi connectivity index (χ1n) is 8.36. The molecule has 0 spiro atoms. The molecule has 0 fully saturated rings. The van der Waals surface area contributed by atoms with E-state index in [1.165, 1.54) is 47.7 Å². The quantitative estimate of drug-likeness (QED) is 0.420. The van der Waals surface area contributed by atoms with Gasteiger partial charge in [-0.25, -0.2) is 8.42 Å². The van der Waals surface area contributed by atoms with Crippen molar-refractivity contribution in [1.29, 1.82) is 0 Å². The van der Waals surface area contributed by atoms with Crippen LogP contribution in [0.25, 0.3) is 10.2 Å². The van der Waals surface area contributed by atoms with Crippen LogP contribution in [0.4, 0.5) is 5.69 Å². The summed E-state index contributed by atoms with van der Waals surface area (Å²) >= 11 is 2.81. The normalized spacial score (nSPS) is 12.4. The highest BCUT2D eigenvalue weighted by Gasteiger charge is 2.14. The van der Waals surface area contributed by atoms with Crippen molar-refractivity contribution in [3.05, 3.63) is 62.9 Å². The first-order valence-corrected chi connectivity index (χ1v) is 12.5. The summed E-state index contributed by atoms with van der Waals surface area (Å²) < 4.78 is 26.0. The highest BCUT2D eigenvalue weighted by molar-refractivity contribution is 7.98. The summed E-state index contributed by atoms with van der Waals surface area (Å²) in [5, 5.41) is 11.1. The number of rotatable bonds is 6. The van der Waals surface area contributed by atoms with Crippen LogP contribution >= 0.6 is 23.1 Å². The third-order valence-electron chi connectivity index (χ3n) is 4.10. The van der Waals surface area contributed by atoms with Crippen LogP contribution in [0, 0.1) is 10.1 Å². The van der Waals surface area contributed by atoms with Gasteiger partial charge in [0.15, 0.2) is 14.6 Å². The Morgan fingerprint density at radius 3 is 2.69 bits per heavy atom. The third kappa shape index (κ3) is 4.74. The fourth-order valence-electron chi connectivity index (χ4n) is 2.67. The van der Waals surface area contributed by atoms with E-state index in [1.807, 2.05) is 10.8 Å². The number of fused-ring (bicyclic) bond motifs is 1. The number of aromatic nitrogens is 1. The predicted molar refractivity (Wildman–Crippen MR) is 114 cm³/mol. The Labute approximate surface area is 175 Å². The van der Waals surface area contributed by atoms with Gasteiger partial charge in [0.2, 0.25) is 0 Å². The fourth-order valence-corrected chi connectivity index (χ4v) is 4.79. The standard InChI is InChI=1S/C18H17N3O5S3/c1-27-9-8-20-15-7-6-13(21(23)24)11-16(15)28-18(20)19-17(22)12-4-3-5-14(10-12)29(2,25)26/h3-7,10-11H,8-9H2,1-2H3. The first kappa shape index (κ1) is 21.2. The van der Waals surface area contributed by atoms with Crippen molar-refractivity contribution in [2.45, 2.75) is 11.4 Å². The summed E-state index contributed by atoms with van der Waals surface area (Å²) in [6.45, 7) is 0.578. The van der Waals surface area contributed by atoms with Crippen molar-refractivity contribution >= 4 is 54.7 Å². The summed E-state index contributed by atoms with van der Waals surface area (Å²) in [4.78, 5) is 27.9. The van der Waals surface area contributed by atoms with E-state index in [0.717, 1.165) is 17.5 Å². The molecular weight excluding hydrogens is 434 g/mol. The lowest BCUT2D eigenvalue weighted by molar-refractivity contribution is -0.384. The minimum Gasteiger partial charge on any atom is -0.315 e. The second kappa shape index (κ2) is 8.47. The Morgan fingerprint density at radius 2 is 2.03 bits per heavy atom. The molecule has 11 heteroatoms. The van der Waals surface area contributed by atoms with Crippen LogP contribution in [0.3, 0.4) is 0 Å². The molecule has 2 aromatic carbocycles. The molecule has 0 unspecified atom stereocenters. The van der Waals surface area contributed by atoms with Gasteiger partial charge < -0.3 is 4.57 Å². The van der Waals surface area contributed by atoms with E-state index in [-0.39, 0.29) is 16.1 Å². The molecule has 0 N–H and O–H groups in total. The van der Waals surface area contributed by atoms with Gasteiger partial charge in [-0.2, -0.15) is 16.8 Å². The van der Waals surface area contributed by atoms with E-state index in [1.54, 1.807) is 17.8 Å². The summed E-state index contributed by atoms with van der Waals surface area (Å²) in [5.41, 5.74) is 0.883. The molecule has 3 rings (SSSR count). The second-order valence-corrected chi connectivity index (χ2v) is 10.2. The minimum absolute atomic E-state index is 0.0329. The average molecular weight is 452 g/mol. The van der Waals surface area contributed by atoms with Gasteiger partial charge in [0.25, 0.3) is 11.6 Å². The number of nitrogens with zero attached hydrogens (tertiary/aromatic N) is 3. The first-order chi connectivity index (χ1) is 13.7. The lowest BCUT2D eigenvalue weighted by Gasteiger charge is -2.04. The SMILES string of the molecule is CSCCn1c(=NC(=O)c2cccc(S(C)(=O)=O)c2)sc2cc([N+](=O)[O-])ccc21. The third-order valence-corrected chi connectivity index (χ3v) is 6.84. The molecule has 0 aliphatic carbocycles. The summed E-state index contributed by atoms with van der Waals surface area (Å²) in [6, 6.07) is 10.3. The second-order valence-electron chi connectivity index (χ2n) is 6.16. The number of hydrogen-bond acceptors (Lipinski definition) is 7. The maximum atomic E-state index is 12.7. The van der Waals surface area contributed by atoms with E-state index >= 15 is 0 Å². The summed E-state index contributed by atoms with van der Waals surface area (Å²) in [6.07, 6.45) is 3.03. The molecule has 8 nitrogen and oxygen atoms in total. The Balaban J connectivity index is 2.13. The van der Waals surface area contributed by atoms with Crippen molar-refractivity contribution in [3.8, 4) is 0 Å². The summed E-state index contributed by atoms with van der Waals surface area (Å²) in [5.74, 6) is 0.197. The minimum atomic E-state index is -3.45. The predicted octanol–water partition coefficient (Wildman–Crippen LogP) is 3.12. The maximum absolute atomic E-state index is 12.7. The van der Waals surface area contributed by atoms with Crippen molar-refractivity contribution in [1.82, 2.24) is 4.57 Å². The molecular formula is C18H17N3O5S3. The molecule has 0 bridgehead atoms. The van der Waals surface area contributed by atoms with Crippen LogP contribution in [0.15, 0.2) is 52.4 Å². The summed E-state index contributed by atoms with van der Waals surface area (Å²) in [7, 11) is -3.45. The van der Waals surface area contributed by atoms with Gasteiger partial charge in [0.05, 0.1) is 20.0 Å². The molecule has 3 aromatic rings. The molecule has 0 aliphatic heterocycles. The average Bonchev–Trinajstić information content (AvgIpc) is 3.01. The number of sulfone groups is 1. The molecule has 0 saturated heterocycles. The lowest BCUT2D eigenvalue weighted by atomic mass is 10.2. The Morgan fingerprint density at radius 1 is 1.28 bits per heavy atom. The van der Waals surface area contributed by atoms with Gasteiger partial charge in [0, 0.05) is 36.2 Å². The molecule has 29 heavy (non-hydrogen) atoms. The number of carbonyl (C=O) groups excluding carboxylic acids is 1. The smallest absolute Gasteiger partial charge is 0.279 e. The Hall–Kier alpha value is -2.50. The Bertz CT molecular complexity index is 1280. The molecule has 0 saturated carbocycles. The van der Waals surface area contributed by atoms with Crippen LogP contribution in [0.5, 0.6) is 0 Å². The van der Waals surface area contributed by atoms with E-state index in [2.05, 4.69) is 4.99 Å². The van der Waals surface area contributed by atoms with Gasteiger partial charge in [-0.1, -0.05) is 17.4 Å². The van der Waals surface area contributed by atoms with E-state index in [4.69, 9.17) is 0 Å². The van der Waals surface area contributed by atoms with Gasteiger partial charge >= 0.3 is 0 Å². The highest BCUT2D eigenvalue weighted by Crippen LogP contribution is 2.23. The number of nitro benzene ring substituents is 1. The molecule has 0 aliphatic rings. The number of amides is 1. The number of benzene rings is 2. The zero-order valence-corrected chi connectivity index (χ0v) is 18.0. The van der Waals surface area contributed by atoms with Crippen LogP contribution < -0.4 is 4.80 Å². The number of thiazole rings is 1. The monoisotopic (exact) mass is 451 g/mol. The number of carbonyl (C=O) groups is 1. The molecule has 1 heterocycles. The maximum Gasteiger partial charge on any atom is 0.279 e. The van der Waals surface area contributed by atoms with Gasteiger partial charge in [-0.15, -0.1) is 0 Å². The van der Waals surface area contributed by atoms with Crippen molar-refractivity contribution in [3.63, 3.8) is 0 Å². The highest BCUT2D eigenvalue weighted by atomic mass is 32.2. The van der Waals surface area contributed by atoms with Crippen molar-refractivity contribution < 1.29 is 18.1 Å². The number of non-ortho nitro benzene ring substituents is 1. The largest absolute Gasteiger partial charge is 0.315 e. The van der Waals surface area contributed by atoms with Crippen LogP contribution in [0.2, 0.25) is 0 Å². The Kier molecular flexibility index (Phi) is 6.20. The molecule has 1 amide bonds. The van der Waals surface area contributed by atoms with E-state index in [9.17, 15) is 23.3 Å². The molecule has 0 atom stereocenters. The van der Waals surface area contributed by atoms with Crippen LogP contribution in [-0.4, -0.2) is 42.1 Å². The fraction of sp³-hybridized carbons (Fsp3) is 0.222. The molecule has 152 valence electrons. The number of nitro groups is 1. The zero-order valence-electron chi connectivity index (χ0n) is 15.6. The van der Waals surface area contributed by atoms with Crippen LogP contribution in [0.1, 0.15) is 10.4 Å². The van der Waals surface area contributed by atoms with Crippen LogP contribution in [-0.2, 0) is 16.4 Å². The van der Waals surface area contributed by atoms with Crippen molar-refractivity contribution in [2.24, 2.45) is 4.99 Å². The number of aryl methyl sites for hydroxylation is 1. The van der Waals surface area contributed by atoms with Gasteiger partial charge in [0.1, 0.15) is 0 Å². The topological polar surface area (TPSA) is 112 Å². The lowest BCUT2D eigenvalue weighted by Crippen LogP contribution is -2.18. The number of hydrogen-bond donors (Lipinski definition) is 0. The van der Waals surface area contributed by atoms with E-state index in [0.29, 0.717) is 16.0 Å². The molecule has 1 aromatic heterocycles. The molecule has 0 radical (unpaired) electrons. The zero-order chi connectivity index (χ0) is 21.2.